The minimum absolute atomic E-state index is 0.0571. The van der Waals surface area contributed by atoms with Crippen molar-refractivity contribution in [1.82, 2.24) is 5.32 Å². The first-order valence-corrected chi connectivity index (χ1v) is 9.32. The standard InChI is InChI=1S/C18H18FNO3S/c1-12(24(22,23)15-9-7-14(19)8-10-15)18(21)20-17-11-6-13-4-2-3-5-16(13)17/h2-5,7-10,12,17H,6,11H2,1H3,(H,20,21)/t12-,17+/m1/s1. The number of halogens is 1. The average Bonchev–Trinajstić information content (AvgIpc) is 2.97. The van der Waals surface area contributed by atoms with Gasteiger partial charge >= 0.3 is 0 Å². The highest BCUT2D eigenvalue weighted by atomic mass is 32.2. The predicted octanol–water partition coefficient (Wildman–Crippen LogP) is 2.79. The topological polar surface area (TPSA) is 63.2 Å². The van der Waals surface area contributed by atoms with E-state index in [0.29, 0.717) is 0 Å². The Morgan fingerprint density at radius 2 is 1.83 bits per heavy atom. The summed E-state index contributed by atoms with van der Waals surface area (Å²) in [4.78, 5) is 12.4. The van der Waals surface area contributed by atoms with Gasteiger partial charge < -0.3 is 5.32 Å². The largest absolute Gasteiger partial charge is 0.348 e. The molecule has 4 nitrogen and oxygen atoms in total. The van der Waals surface area contributed by atoms with Crippen molar-refractivity contribution in [2.45, 2.75) is 36.0 Å². The minimum Gasteiger partial charge on any atom is -0.348 e. The Morgan fingerprint density at radius 1 is 1.17 bits per heavy atom. The molecule has 0 aromatic heterocycles. The number of fused-ring (bicyclic) bond motifs is 1. The Labute approximate surface area is 140 Å². The molecular weight excluding hydrogens is 329 g/mol. The maximum absolute atomic E-state index is 13.0. The molecule has 1 N–H and O–H groups in total. The Bertz CT molecular complexity index is 862. The number of nitrogens with one attached hydrogen (secondary N) is 1. The Kier molecular flexibility index (Phi) is 4.41. The third kappa shape index (κ3) is 3.06. The van der Waals surface area contributed by atoms with Gasteiger partial charge in [0.15, 0.2) is 9.84 Å². The van der Waals surface area contributed by atoms with Crippen molar-refractivity contribution in [2.24, 2.45) is 0 Å². The maximum atomic E-state index is 13.0. The van der Waals surface area contributed by atoms with E-state index < -0.39 is 26.8 Å². The first kappa shape index (κ1) is 16.6. The van der Waals surface area contributed by atoms with E-state index in [1.807, 2.05) is 24.3 Å². The summed E-state index contributed by atoms with van der Waals surface area (Å²) >= 11 is 0. The van der Waals surface area contributed by atoms with Crippen molar-refractivity contribution in [2.75, 3.05) is 0 Å². The molecule has 0 aliphatic heterocycles. The molecule has 0 heterocycles. The first-order valence-electron chi connectivity index (χ1n) is 7.77. The van der Waals surface area contributed by atoms with Crippen LogP contribution < -0.4 is 5.32 Å². The number of sulfone groups is 1. The Balaban J connectivity index is 1.77. The molecule has 0 saturated heterocycles. The summed E-state index contributed by atoms with van der Waals surface area (Å²) in [6.45, 7) is 1.36. The average molecular weight is 347 g/mol. The number of hydrogen-bond acceptors (Lipinski definition) is 3. The second kappa shape index (κ2) is 6.36. The second-order valence-corrected chi connectivity index (χ2v) is 8.21. The second-order valence-electron chi connectivity index (χ2n) is 5.94. The zero-order valence-electron chi connectivity index (χ0n) is 13.2. The van der Waals surface area contributed by atoms with Crippen LogP contribution in [0.5, 0.6) is 0 Å². The van der Waals surface area contributed by atoms with Gasteiger partial charge in [-0.25, -0.2) is 12.8 Å². The normalized spacial score (nSPS) is 18.0. The summed E-state index contributed by atoms with van der Waals surface area (Å²) in [5.74, 6) is -1.06. The molecular formula is C18H18FNO3S. The van der Waals surface area contributed by atoms with Crippen molar-refractivity contribution < 1.29 is 17.6 Å². The molecule has 0 fully saturated rings. The van der Waals surface area contributed by atoms with Crippen molar-refractivity contribution >= 4 is 15.7 Å². The van der Waals surface area contributed by atoms with E-state index in [-0.39, 0.29) is 10.9 Å². The highest BCUT2D eigenvalue weighted by Crippen LogP contribution is 2.31. The molecule has 2 atom stereocenters. The fraction of sp³-hybridized carbons (Fsp3) is 0.278. The molecule has 0 saturated carbocycles. The van der Waals surface area contributed by atoms with Crippen LogP contribution in [0.25, 0.3) is 0 Å². The monoisotopic (exact) mass is 347 g/mol. The molecule has 2 aromatic carbocycles. The molecule has 24 heavy (non-hydrogen) atoms. The number of rotatable bonds is 4. The van der Waals surface area contributed by atoms with Gasteiger partial charge in [-0.3, -0.25) is 4.79 Å². The lowest BCUT2D eigenvalue weighted by Crippen LogP contribution is -2.39. The molecule has 1 aliphatic carbocycles. The smallest absolute Gasteiger partial charge is 0.238 e. The lowest BCUT2D eigenvalue weighted by molar-refractivity contribution is -0.121. The molecule has 3 rings (SSSR count). The molecule has 0 radical (unpaired) electrons. The Hall–Kier alpha value is -2.21. The van der Waals surface area contributed by atoms with Gasteiger partial charge in [0.1, 0.15) is 11.1 Å². The van der Waals surface area contributed by atoms with E-state index in [4.69, 9.17) is 0 Å². The highest BCUT2D eigenvalue weighted by molar-refractivity contribution is 7.92. The van der Waals surface area contributed by atoms with Crippen LogP contribution in [-0.4, -0.2) is 19.6 Å². The van der Waals surface area contributed by atoms with Gasteiger partial charge in [-0.05, 0) is 55.2 Å². The summed E-state index contributed by atoms with van der Waals surface area (Å²) in [7, 11) is -3.85. The minimum atomic E-state index is -3.85. The predicted molar refractivity (Wildman–Crippen MR) is 88.7 cm³/mol. The van der Waals surface area contributed by atoms with E-state index in [2.05, 4.69) is 5.32 Å². The van der Waals surface area contributed by atoms with Crippen molar-refractivity contribution in [3.63, 3.8) is 0 Å². The molecule has 0 bridgehead atoms. The van der Waals surface area contributed by atoms with Gasteiger partial charge in [0, 0.05) is 0 Å². The van der Waals surface area contributed by atoms with Crippen molar-refractivity contribution in [1.29, 1.82) is 0 Å². The van der Waals surface area contributed by atoms with E-state index >= 15 is 0 Å². The molecule has 1 aliphatic rings. The van der Waals surface area contributed by atoms with Crippen LogP contribution >= 0.6 is 0 Å². The number of aryl methyl sites for hydroxylation is 1. The van der Waals surface area contributed by atoms with Gasteiger partial charge in [-0.15, -0.1) is 0 Å². The lowest BCUT2D eigenvalue weighted by atomic mass is 10.1. The van der Waals surface area contributed by atoms with Crippen molar-refractivity contribution in [3.8, 4) is 0 Å². The molecule has 6 heteroatoms. The summed E-state index contributed by atoms with van der Waals surface area (Å²) in [6, 6.07) is 12.2. The fourth-order valence-corrected chi connectivity index (χ4v) is 4.24. The van der Waals surface area contributed by atoms with Crippen LogP contribution in [0.15, 0.2) is 53.4 Å². The van der Waals surface area contributed by atoms with Crippen LogP contribution in [0.2, 0.25) is 0 Å². The molecule has 0 spiro atoms. The van der Waals surface area contributed by atoms with E-state index in [9.17, 15) is 17.6 Å². The number of carbonyl (C=O) groups excluding carboxylic acids is 1. The van der Waals surface area contributed by atoms with E-state index in [1.54, 1.807) is 0 Å². The van der Waals surface area contributed by atoms with E-state index in [0.717, 1.165) is 30.5 Å². The quantitative estimate of drug-likeness (QED) is 0.865. The molecule has 2 aromatic rings. The molecule has 0 unspecified atom stereocenters. The molecule has 126 valence electrons. The third-order valence-corrected chi connectivity index (χ3v) is 6.50. The van der Waals surface area contributed by atoms with E-state index in [1.165, 1.54) is 24.6 Å². The van der Waals surface area contributed by atoms with Crippen LogP contribution in [0, 0.1) is 5.82 Å². The summed E-state index contributed by atoms with van der Waals surface area (Å²) in [5, 5.41) is 1.59. The zero-order chi connectivity index (χ0) is 17.3. The third-order valence-electron chi connectivity index (χ3n) is 4.43. The maximum Gasteiger partial charge on any atom is 0.238 e. The summed E-state index contributed by atoms with van der Waals surface area (Å²) in [5.41, 5.74) is 2.22. The van der Waals surface area contributed by atoms with Gasteiger partial charge in [0.25, 0.3) is 0 Å². The van der Waals surface area contributed by atoms with Gasteiger partial charge in [0.2, 0.25) is 5.91 Å². The number of amides is 1. The summed E-state index contributed by atoms with van der Waals surface area (Å²) in [6.07, 6.45) is 1.62. The van der Waals surface area contributed by atoms with Crippen molar-refractivity contribution in [3.05, 3.63) is 65.5 Å². The van der Waals surface area contributed by atoms with Crippen LogP contribution in [0.4, 0.5) is 4.39 Å². The van der Waals surface area contributed by atoms with Crippen LogP contribution in [0.1, 0.15) is 30.5 Å². The van der Waals surface area contributed by atoms with Crippen LogP contribution in [-0.2, 0) is 21.1 Å². The SMILES string of the molecule is C[C@H](C(=O)N[C@H]1CCc2ccccc21)S(=O)(=O)c1ccc(F)cc1. The highest BCUT2D eigenvalue weighted by Gasteiger charge is 2.32. The van der Waals surface area contributed by atoms with Gasteiger partial charge in [-0.1, -0.05) is 24.3 Å². The van der Waals surface area contributed by atoms with Gasteiger partial charge in [0.05, 0.1) is 10.9 Å². The zero-order valence-corrected chi connectivity index (χ0v) is 14.0. The first-order chi connectivity index (χ1) is 11.4. The number of hydrogen-bond donors (Lipinski definition) is 1. The fourth-order valence-electron chi connectivity index (χ4n) is 2.97. The number of benzene rings is 2. The van der Waals surface area contributed by atoms with Crippen LogP contribution in [0.3, 0.4) is 0 Å². The number of carbonyl (C=O) groups is 1. The van der Waals surface area contributed by atoms with Gasteiger partial charge in [-0.2, -0.15) is 0 Å². The Morgan fingerprint density at radius 3 is 2.54 bits per heavy atom. The lowest BCUT2D eigenvalue weighted by Gasteiger charge is -2.18. The molecule has 1 amide bonds. The summed E-state index contributed by atoms with van der Waals surface area (Å²) < 4.78 is 38.0.